The van der Waals surface area contributed by atoms with Crippen molar-refractivity contribution >= 4 is 13.9 Å². The molecule has 1 heteroatoms. The molecule has 0 amide bonds. The van der Waals surface area contributed by atoms with Crippen LogP contribution >= 0.6 is 8.58 Å². The summed E-state index contributed by atoms with van der Waals surface area (Å²) in [5, 5.41) is 1.45. The topological polar surface area (TPSA) is 0 Å². The summed E-state index contributed by atoms with van der Waals surface area (Å²) in [5.74, 6) is 0. The van der Waals surface area contributed by atoms with Crippen LogP contribution in [0.4, 0.5) is 0 Å². The summed E-state index contributed by atoms with van der Waals surface area (Å²) in [6, 6.07) is 21.3. The van der Waals surface area contributed by atoms with Crippen molar-refractivity contribution < 1.29 is 0 Å². The molecule has 1 unspecified atom stereocenters. The standard InChI is InChI=1S/C16H17P/c1-2-16(15-11-7-4-8-12-15)17-13-14-9-5-3-6-10-14/h2-12,17H,13H2,1H3/b16-2-. The molecule has 2 rings (SSSR count). The van der Waals surface area contributed by atoms with Crippen LogP contribution in [0.5, 0.6) is 0 Å². The Morgan fingerprint density at radius 3 is 2.12 bits per heavy atom. The van der Waals surface area contributed by atoms with Crippen LogP contribution in [0.1, 0.15) is 18.1 Å². The Kier molecular flexibility index (Phi) is 4.53. The molecule has 0 bridgehead atoms. The molecule has 0 spiro atoms. The summed E-state index contributed by atoms with van der Waals surface area (Å²) >= 11 is 0. The maximum atomic E-state index is 2.23. The Morgan fingerprint density at radius 2 is 1.53 bits per heavy atom. The van der Waals surface area contributed by atoms with E-state index in [4.69, 9.17) is 0 Å². The molecule has 2 aromatic rings. The van der Waals surface area contributed by atoms with Crippen molar-refractivity contribution in [3.8, 4) is 0 Å². The number of benzene rings is 2. The van der Waals surface area contributed by atoms with Gasteiger partial charge in [-0.1, -0.05) is 75.3 Å². The molecule has 0 saturated heterocycles. The predicted molar refractivity (Wildman–Crippen MR) is 78.6 cm³/mol. The molecule has 0 aromatic heterocycles. The minimum absolute atomic E-state index is 0.839. The third-order valence-electron chi connectivity index (χ3n) is 2.70. The number of rotatable bonds is 4. The Morgan fingerprint density at radius 1 is 0.941 bits per heavy atom. The van der Waals surface area contributed by atoms with E-state index in [0.29, 0.717) is 0 Å². The van der Waals surface area contributed by atoms with Gasteiger partial charge in [0.25, 0.3) is 0 Å². The fraction of sp³-hybridized carbons (Fsp3) is 0.125. The lowest BCUT2D eigenvalue weighted by Gasteiger charge is -2.07. The fourth-order valence-corrected chi connectivity index (χ4v) is 2.99. The largest absolute Gasteiger partial charge is 0.0856 e. The Hall–Kier alpha value is -1.39. The summed E-state index contributed by atoms with van der Waals surface area (Å²) in [5.41, 5.74) is 2.77. The summed E-state index contributed by atoms with van der Waals surface area (Å²) in [6.45, 7) is 2.13. The number of allylic oxidation sites excluding steroid dienone is 1. The quantitative estimate of drug-likeness (QED) is 0.665. The zero-order chi connectivity index (χ0) is 11.9. The van der Waals surface area contributed by atoms with Crippen LogP contribution in [0.25, 0.3) is 5.31 Å². The highest BCUT2D eigenvalue weighted by Crippen LogP contribution is 2.35. The van der Waals surface area contributed by atoms with E-state index in [1.165, 1.54) is 16.4 Å². The van der Waals surface area contributed by atoms with Crippen molar-refractivity contribution in [3.05, 3.63) is 77.9 Å². The van der Waals surface area contributed by atoms with Gasteiger partial charge in [-0.3, -0.25) is 0 Å². The van der Waals surface area contributed by atoms with E-state index in [0.717, 1.165) is 14.7 Å². The van der Waals surface area contributed by atoms with Crippen molar-refractivity contribution in [2.75, 3.05) is 0 Å². The second-order valence-electron chi connectivity index (χ2n) is 3.91. The SMILES string of the molecule is C/C=C(\PCc1ccccc1)c1ccccc1. The Balaban J connectivity index is 2.03. The predicted octanol–water partition coefficient (Wildman–Crippen LogP) is 4.93. The second-order valence-corrected chi connectivity index (χ2v) is 5.15. The van der Waals surface area contributed by atoms with Gasteiger partial charge in [0.05, 0.1) is 0 Å². The lowest BCUT2D eigenvalue weighted by Crippen LogP contribution is -1.80. The third kappa shape index (κ3) is 3.54. The summed E-state index contributed by atoms with van der Waals surface area (Å²) in [6.07, 6.45) is 3.37. The molecule has 0 nitrogen and oxygen atoms in total. The summed E-state index contributed by atoms with van der Waals surface area (Å²) in [4.78, 5) is 0. The van der Waals surface area contributed by atoms with Crippen LogP contribution in [0.3, 0.4) is 0 Å². The molecule has 0 aliphatic carbocycles. The van der Waals surface area contributed by atoms with Crippen LogP contribution in [-0.4, -0.2) is 0 Å². The first-order valence-corrected chi connectivity index (χ1v) is 7.10. The first-order chi connectivity index (χ1) is 8.40. The van der Waals surface area contributed by atoms with Crippen LogP contribution in [0.2, 0.25) is 0 Å². The molecule has 17 heavy (non-hydrogen) atoms. The average Bonchev–Trinajstić information content (AvgIpc) is 2.42. The van der Waals surface area contributed by atoms with Gasteiger partial charge in [0.1, 0.15) is 0 Å². The molecule has 0 fully saturated rings. The van der Waals surface area contributed by atoms with Gasteiger partial charge in [0.15, 0.2) is 0 Å². The molecule has 1 atom stereocenters. The maximum Gasteiger partial charge on any atom is -0.00601 e. The Bertz CT molecular complexity index is 471. The molecule has 0 radical (unpaired) electrons. The van der Waals surface area contributed by atoms with E-state index in [-0.39, 0.29) is 0 Å². The number of hydrogen-bond acceptors (Lipinski definition) is 0. The highest BCUT2D eigenvalue weighted by atomic mass is 31.1. The first kappa shape index (κ1) is 12.1. The molecule has 0 aliphatic heterocycles. The fourth-order valence-electron chi connectivity index (χ4n) is 1.78. The average molecular weight is 240 g/mol. The molecular weight excluding hydrogens is 223 g/mol. The van der Waals surface area contributed by atoms with E-state index in [1.807, 2.05) is 0 Å². The van der Waals surface area contributed by atoms with Crippen LogP contribution < -0.4 is 0 Å². The molecule has 0 saturated carbocycles. The third-order valence-corrected chi connectivity index (χ3v) is 4.24. The van der Waals surface area contributed by atoms with Gasteiger partial charge in [0, 0.05) is 0 Å². The molecule has 86 valence electrons. The van der Waals surface area contributed by atoms with E-state index in [1.54, 1.807) is 0 Å². The highest BCUT2D eigenvalue weighted by molar-refractivity contribution is 7.49. The van der Waals surface area contributed by atoms with Gasteiger partial charge >= 0.3 is 0 Å². The molecular formula is C16H17P. The summed E-state index contributed by atoms with van der Waals surface area (Å²) < 4.78 is 0. The van der Waals surface area contributed by atoms with Gasteiger partial charge in [-0.05, 0) is 29.5 Å². The van der Waals surface area contributed by atoms with Crippen LogP contribution in [0.15, 0.2) is 66.7 Å². The van der Waals surface area contributed by atoms with Crippen molar-refractivity contribution in [3.63, 3.8) is 0 Å². The minimum atomic E-state index is 0.839. The zero-order valence-corrected chi connectivity index (χ0v) is 11.1. The number of hydrogen-bond donors (Lipinski definition) is 0. The monoisotopic (exact) mass is 240 g/mol. The molecule has 0 N–H and O–H groups in total. The normalized spacial score (nSPS) is 12.2. The zero-order valence-electron chi connectivity index (χ0n) is 10.1. The highest BCUT2D eigenvalue weighted by Gasteiger charge is 2.00. The van der Waals surface area contributed by atoms with Crippen LogP contribution in [0, 0.1) is 0 Å². The second kappa shape index (κ2) is 6.37. The lowest BCUT2D eigenvalue weighted by molar-refractivity contribution is 1.41. The molecule has 2 aromatic carbocycles. The smallest absolute Gasteiger partial charge is 0.00601 e. The van der Waals surface area contributed by atoms with Crippen molar-refractivity contribution in [2.24, 2.45) is 0 Å². The van der Waals surface area contributed by atoms with Crippen molar-refractivity contribution in [2.45, 2.75) is 13.1 Å². The lowest BCUT2D eigenvalue weighted by atomic mass is 10.2. The minimum Gasteiger partial charge on any atom is -0.0856 e. The van der Waals surface area contributed by atoms with E-state index in [2.05, 4.69) is 73.7 Å². The van der Waals surface area contributed by atoms with Gasteiger partial charge in [-0.15, -0.1) is 0 Å². The Labute approximate surface area is 105 Å². The van der Waals surface area contributed by atoms with Gasteiger partial charge in [-0.25, -0.2) is 0 Å². The van der Waals surface area contributed by atoms with Crippen molar-refractivity contribution in [1.29, 1.82) is 0 Å². The van der Waals surface area contributed by atoms with Crippen molar-refractivity contribution in [1.82, 2.24) is 0 Å². The van der Waals surface area contributed by atoms with Gasteiger partial charge in [0.2, 0.25) is 0 Å². The maximum absolute atomic E-state index is 2.23. The first-order valence-electron chi connectivity index (χ1n) is 5.89. The van der Waals surface area contributed by atoms with Crippen LogP contribution in [-0.2, 0) is 6.16 Å². The van der Waals surface area contributed by atoms with E-state index < -0.39 is 0 Å². The molecule has 0 heterocycles. The van der Waals surface area contributed by atoms with E-state index in [9.17, 15) is 0 Å². The van der Waals surface area contributed by atoms with Gasteiger partial charge < -0.3 is 0 Å². The van der Waals surface area contributed by atoms with E-state index >= 15 is 0 Å². The van der Waals surface area contributed by atoms with Gasteiger partial charge in [-0.2, -0.15) is 0 Å². The summed E-state index contributed by atoms with van der Waals surface area (Å²) in [7, 11) is 0.839. The molecule has 0 aliphatic rings.